The number of ether oxygens (including phenoxy) is 1. The highest BCUT2D eigenvalue weighted by molar-refractivity contribution is 6.30. The van der Waals surface area contributed by atoms with E-state index in [1.54, 1.807) is 13.2 Å². The van der Waals surface area contributed by atoms with Gasteiger partial charge in [-0.1, -0.05) is 11.6 Å². The molecule has 0 atom stereocenters. The molecule has 1 aromatic carbocycles. The van der Waals surface area contributed by atoms with Gasteiger partial charge in [0.15, 0.2) is 11.6 Å². The minimum Gasteiger partial charge on any atom is -0.497 e. The smallest absolute Gasteiger partial charge is 0.167 e. The Kier molecular flexibility index (Phi) is 3.67. The zero-order valence-electron chi connectivity index (χ0n) is 10.00. The Hall–Kier alpha value is -1.81. The van der Waals surface area contributed by atoms with E-state index < -0.39 is 5.82 Å². The summed E-state index contributed by atoms with van der Waals surface area (Å²) in [5, 5.41) is 3.19. The number of aromatic nitrogens is 1. The number of benzene rings is 1. The molecular formula is C13H12ClFN2O. The molecule has 0 saturated carbocycles. The predicted molar refractivity (Wildman–Crippen MR) is 70.2 cm³/mol. The van der Waals surface area contributed by atoms with Crippen LogP contribution in [0.3, 0.4) is 0 Å². The first-order valence-corrected chi connectivity index (χ1v) is 5.70. The number of nitrogens with one attached hydrogen (secondary N) is 1. The lowest BCUT2D eigenvalue weighted by atomic mass is 10.2. The van der Waals surface area contributed by atoms with E-state index in [9.17, 15) is 4.39 Å². The summed E-state index contributed by atoms with van der Waals surface area (Å²) in [6.45, 7) is 1.90. The molecule has 5 heteroatoms. The molecule has 0 bridgehead atoms. The molecule has 1 heterocycles. The molecule has 2 rings (SSSR count). The Morgan fingerprint density at radius 3 is 2.72 bits per heavy atom. The molecule has 0 aliphatic heterocycles. The fourth-order valence-corrected chi connectivity index (χ4v) is 1.68. The average Bonchev–Trinajstić information content (AvgIpc) is 2.34. The molecule has 1 N–H and O–H groups in total. The van der Waals surface area contributed by atoms with Gasteiger partial charge in [0.1, 0.15) is 5.75 Å². The number of nitrogens with zero attached hydrogens (tertiary/aromatic N) is 1. The molecule has 0 aliphatic carbocycles. The van der Waals surface area contributed by atoms with Crippen molar-refractivity contribution in [1.82, 2.24) is 4.98 Å². The van der Waals surface area contributed by atoms with E-state index in [1.165, 1.54) is 12.3 Å². The van der Waals surface area contributed by atoms with Crippen LogP contribution in [0.5, 0.6) is 5.75 Å². The summed E-state index contributed by atoms with van der Waals surface area (Å²) in [5.74, 6) is 0.410. The van der Waals surface area contributed by atoms with Crippen LogP contribution >= 0.6 is 11.6 Å². The summed E-state index contributed by atoms with van der Waals surface area (Å²) in [5.41, 5.74) is 1.70. The highest BCUT2D eigenvalue weighted by Crippen LogP contribution is 2.25. The van der Waals surface area contributed by atoms with Gasteiger partial charge in [-0.3, -0.25) is 0 Å². The molecule has 3 nitrogen and oxygen atoms in total. The van der Waals surface area contributed by atoms with Gasteiger partial charge in [0.05, 0.1) is 12.1 Å². The number of rotatable bonds is 3. The van der Waals surface area contributed by atoms with Crippen LogP contribution in [-0.2, 0) is 0 Å². The maximum absolute atomic E-state index is 13.6. The van der Waals surface area contributed by atoms with Crippen LogP contribution in [0.15, 0.2) is 30.5 Å². The number of aryl methyl sites for hydroxylation is 1. The normalized spacial score (nSPS) is 10.2. The van der Waals surface area contributed by atoms with Gasteiger partial charge in [-0.05, 0) is 36.8 Å². The van der Waals surface area contributed by atoms with Crippen molar-refractivity contribution in [2.45, 2.75) is 6.92 Å². The van der Waals surface area contributed by atoms with Crippen LogP contribution < -0.4 is 10.1 Å². The van der Waals surface area contributed by atoms with Crippen LogP contribution in [0.2, 0.25) is 5.02 Å². The van der Waals surface area contributed by atoms with Gasteiger partial charge in [0.25, 0.3) is 0 Å². The quantitative estimate of drug-likeness (QED) is 0.914. The molecule has 18 heavy (non-hydrogen) atoms. The van der Waals surface area contributed by atoms with Crippen molar-refractivity contribution in [1.29, 1.82) is 0 Å². The van der Waals surface area contributed by atoms with Gasteiger partial charge >= 0.3 is 0 Å². The van der Waals surface area contributed by atoms with Crippen LogP contribution in [0.25, 0.3) is 0 Å². The molecule has 0 aliphatic rings. The summed E-state index contributed by atoms with van der Waals surface area (Å²) in [7, 11) is 1.60. The maximum atomic E-state index is 13.6. The SMILES string of the molecule is COc1ccc(Nc2ncc(Cl)cc2F)c(C)c1. The highest BCUT2D eigenvalue weighted by atomic mass is 35.5. The summed E-state index contributed by atoms with van der Waals surface area (Å²) < 4.78 is 18.7. The second-order valence-corrected chi connectivity index (χ2v) is 4.23. The van der Waals surface area contributed by atoms with Gasteiger partial charge in [0.2, 0.25) is 0 Å². The summed E-state index contributed by atoms with van der Waals surface area (Å²) >= 11 is 5.64. The summed E-state index contributed by atoms with van der Waals surface area (Å²) in [4.78, 5) is 3.91. The zero-order chi connectivity index (χ0) is 13.1. The highest BCUT2D eigenvalue weighted by Gasteiger charge is 2.07. The molecule has 0 unspecified atom stereocenters. The number of methoxy groups -OCH3 is 1. The fourth-order valence-electron chi connectivity index (χ4n) is 1.54. The van der Waals surface area contributed by atoms with Crippen molar-refractivity contribution >= 4 is 23.1 Å². The van der Waals surface area contributed by atoms with Gasteiger partial charge in [0, 0.05) is 11.9 Å². The van der Waals surface area contributed by atoms with Gasteiger partial charge in [-0.25, -0.2) is 9.37 Å². The lowest BCUT2D eigenvalue weighted by molar-refractivity contribution is 0.414. The molecule has 0 spiro atoms. The van der Waals surface area contributed by atoms with E-state index >= 15 is 0 Å². The minimum atomic E-state index is -0.488. The number of pyridine rings is 1. The third-order valence-corrected chi connectivity index (χ3v) is 2.70. The van der Waals surface area contributed by atoms with E-state index in [0.717, 1.165) is 17.0 Å². The fraction of sp³-hybridized carbons (Fsp3) is 0.154. The van der Waals surface area contributed by atoms with Crippen LogP contribution in [-0.4, -0.2) is 12.1 Å². The van der Waals surface area contributed by atoms with E-state index in [4.69, 9.17) is 16.3 Å². The van der Waals surface area contributed by atoms with Crippen LogP contribution in [0, 0.1) is 12.7 Å². The van der Waals surface area contributed by atoms with Crippen molar-refractivity contribution in [3.8, 4) is 5.75 Å². The lowest BCUT2D eigenvalue weighted by Crippen LogP contribution is -1.99. The molecular weight excluding hydrogens is 255 g/mol. The summed E-state index contributed by atoms with van der Waals surface area (Å²) in [6.07, 6.45) is 1.39. The van der Waals surface area contributed by atoms with Crippen molar-refractivity contribution in [3.05, 3.63) is 46.9 Å². The number of halogens is 2. The number of hydrogen-bond acceptors (Lipinski definition) is 3. The van der Waals surface area contributed by atoms with Gasteiger partial charge in [-0.15, -0.1) is 0 Å². The standard InChI is InChI=1S/C13H12ClFN2O/c1-8-5-10(18-2)3-4-12(8)17-13-11(15)6-9(14)7-16-13/h3-7H,1-2H3,(H,16,17). The zero-order valence-corrected chi connectivity index (χ0v) is 10.8. The van der Waals surface area contributed by atoms with E-state index in [0.29, 0.717) is 0 Å². The third-order valence-electron chi connectivity index (χ3n) is 2.49. The van der Waals surface area contributed by atoms with Crippen LogP contribution in [0.4, 0.5) is 15.9 Å². The molecule has 1 aromatic heterocycles. The van der Waals surface area contributed by atoms with E-state index in [1.807, 2.05) is 19.1 Å². The van der Waals surface area contributed by atoms with Crippen molar-refractivity contribution in [3.63, 3.8) is 0 Å². The number of anilines is 2. The molecule has 94 valence electrons. The second kappa shape index (κ2) is 5.23. The van der Waals surface area contributed by atoms with E-state index in [2.05, 4.69) is 10.3 Å². The van der Waals surface area contributed by atoms with Crippen molar-refractivity contribution in [2.24, 2.45) is 0 Å². The Bertz CT molecular complexity index is 575. The third kappa shape index (κ3) is 2.71. The minimum absolute atomic E-state index is 0.146. The molecule has 0 fully saturated rings. The van der Waals surface area contributed by atoms with Gasteiger partial charge < -0.3 is 10.1 Å². The predicted octanol–water partition coefficient (Wildman–Crippen LogP) is 3.93. The first-order chi connectivity index (χ1) is 8.60. The molecule has 0 saturated heterocycles. The van der Waals surface area contributed by atoms with Crippen molar-refractivity contribution < 1.29 is 9.13 Å². The monoisotopic (exact) mass is 266 g/mol. The lowest BCUT2D eigenvalue weighted by Gasteiger charge is -2.10. The Morgan fingerprint density at radius 2 is 2.11 bits per heavy atom. The molecule has 0 radical (unpaired) electrons. The van der Waals surface area contributed by atoms with Gasteiger partial charge in [-0.2, -0.15) is 0 Å². The Labute approximate surface area is 110 Å². The Morgan fingerprint density at radius 1 is 1.33 bits per heavy atom. The second-order valence-electron chi connectivity index (χ2n) is 3.79. The topological polar surface area (TPSA) is 34.1 Å². The van der Waals surface area contributed by atoms with Crippen molar-refractivity contribution in [2.75, 3.05) is 12.4 Å². The summed E-state index contributed by atoms with van der Waals surface area (Å²) in [6, 6.07) is 6.68. The average molecular weight is 267 g/mol. The van der Waals surface area contributed by atoms with E-state index in [-0.39, 0.29) is 10.8 Å². The largest absolute Gasteiger partial charge is 0.497 e. The number of hydrogen-bond donors (Lipinski definition) is 1. The van der Waals surface area contributed by atoms with Crippen LogP contribution in [0.1, 0.15) is 5.56 Å². The molecule has 0 amide bonds. The molecule has 2 aromatic rings. The first kappa shape index (κ1) is 12.6. The first-order valence-electron chi connectivity index (χ1n) is 5.33. The maximum Gasteiger partial charge on any atom is 0.167 e. The Balaban J connectivity index is 2.28.